The lowest BCUT2D eigenvalue weighted by Gasteiger charge is -2.22. The summed E-state index contributed by atoms with van der Waals surface area (Å²) in [4.78, 5) is 0. The third-order valence-electron chi connectivity index (χ3n) is 3.38. The maximum absolute atomic E-state index is 5.70. The third kappa shape index (κ3) is 8.05. The highest BCUT2D eigenvalue weighted by Gasteiger charge is 2.15. The summed E-state index contributed by atoms with van der Waals surface area (Å²) in [7, 11) is 1.73. The topological polar surface area (TPSA) is 39.7 Å². The molecule has 1 rings (SSSR count). The smallest absolute Gasteiger partial charge is 0.119 e. The van der Waals surface area contributed by atoms with Crippen LogP contribution in [0, 0.1) is 0 Å². The van der Waals surface area contributed by atoms with E-state index in [2.05, 4.69) is 38.2 Å². The van der Waals surface area contributed by atoms with Crippen LogP contribution in [0.4, 0.5) is 0 Å². The second-order valence-corrected chi connectivity index (χ2v) is 5.60. The Morgan fingerprint density at radius 2 is 1.95 bits per heavy atom. The molecular formula is C17H29NO3. The van der Waals surface area contributed by atoms with Crippen LogP contribution < -0.4 is 10.1 Å². The molecule has 0 heterocycles. The van der Waals surface area contributed by atoms with E-state index in [1.54, 1.807) is 7.11 Å². The van der Waals surface area contributed by atoms with Gasteiger partial charge in [-0.25, -0.2) is 0 Å². The molecule has 0 aliphatic rings. The lowest BCUT2D eigenvalue weighted by molar-refractivity contribution is -0.0128. The van der Waals surface area contributed by atoms with E-state index in [0.717, 1.165) is 25.3 Å². The largest absolute Gasteiger partial charge is 0.491 e. The molecular weight excluding hydrogens is 266 g/mol. The number of benzene rings is 1. The average molecular weight is 295 g/mol. The standard InChI is InChI=1S/C17H29NO3/c1-5-18-14-15-7-6-8-16(13-15)21-12-11-20-10-9-17(2,3)19-4/h6-8,13,18H,5,9-12,14H2,1-4H3. The van der Waals surface area contributed by atoms with Gasteiger partial charge in [0.1, 0.15) is 12.4 Å². The first-order chi connectivity index (χ1) is 10.1. The summed E-state index contributed by atoms with van der Waals surface area (Å²) in [6.45, 7) is 9.90. The highest BCUT2D eigenvalue weighted by Crippen LogP contribution is 2.14. The van der Waals surface area contributed by atoms with Crippen LogP contribution in [0.5, 0.6) is 5.75 Å². The van der Waals surface area contributed by atoms with Crippen molar-refractivity contribution in [2.45, 2.75) is 39.3 Å². The van der Waals surface area contributed by atoms with E-state index in [1.807, 2.05) is 12.1 Å². The van der Waals surface area contributed by atoms with Crippen molar-refractivity contribution in [2.24, 2.45) is 0 Å². The Labute approximate surface area is 128 Å². The van der Waals surface area contributed by atoms with E-state index in [-0.39, 0.29) is 5.60 Å². The minimum Gasteiger partial charge on any atom is -0.491 e. The molecule has 1 N–H and O–H groups in total. The van der Waals surface area contributed by atoms with Gasteiger partial charge in [-0.2, -0.15) is 0 Å². The number of rotatable bonds is 11. The highest BCUT2D eigenvalue weighted by molar-refractivity contribution is 5.28. The molecule has 4 heteroatoms. The Morgan fingerprint density at radius 1 is 1.14 bits per heavy atom. The molecule has 0 fully saturated rings. The Hall–Kier alpha value is -1.10. The van der Waals surface area contributed by atoms with Gasteiger partial charge in [-0.1, -0.05) is 19.1 Å². The third-order valence-corrected chi connectivity index (χ3v) is 3.38. The molecule has 0 radical (unpaired) electrons. The lowest BCUT2D eigenvalue weighted by Crippen LogP contribution is -2.24. The number of hydrogen-bond acceptors (Lipinski definition) is 4. The van der Waals surface area contributed by atoms with E-state index in [4.69, 9.17) is 14.2 Å². The van der Waals surface area contributed by atoms with Gasteiger partial charge in [0.15, 0.2) is 0 Å². The van der Waals surface area contributed by atoms with Crippen molar-refractivity contribution in [1.82, 2.24) is 5.32 Å². The zero-order valence-corrected chi connectivity index (χ0v) is 13.8. The number of methoxy groups -OCH3 is 1. The normalized spacial score (nSPS) is 11.6. The van der Waals surface area contributed by atoms with Gasteiger partial charge < -0.3 is 19.5 Å². The molecule has 0 aromatic heterocycles. The summed E-state index contributed by atoms with van der Waals surface area (Å²) in [6.07, 6.45) is 0.877. The molecule has 0 aliphatic carbocycles. The van der Waals surface area contributed by atoms with Crippen molar-refractivity contribution < 1.29 is 14.2 Å². The Bertz CT molecular complexity index is 393. The Kier molecular flexibility index (Phi) is 8.35. The molecule has 120 valence electrons. The molecule has 4 nitrogen and oxygen atoms in total. The summed E-state index contributed by atoms with van der Waals surface area (Å²) in [5, 5.41) is 3.30. The lowest BCUT2D eigenvalue weighted by atomic mass is 10.1. The summed E-state index contributed by atoms with van der Waals surface area (Å²) in [5.41, 5.74) is 1.11. The van der Waals surface area contributed by atoms with Crippen LogP contribution in [0.2, 0.25) is 0 Å². The van der Waals surface area contributed by atoms with E-state index in [0.29, 0.717) is 19.8 Å². The molecule has 0 atom stereocenters. The molecule has 1 aromatic rings. The fourth-order valence-electron chi connectivity index (χ4n) is 1.76. The predicted molar refractivity (Wildman–Crippen MR) is 85.8 cm³/mol. The molecule has 0 amide bonds. The van der Waals surface area contributed by atoms with Crippen molar-refractivity contribution >= 4 is 0 Å². The summed E-state index contributed by atoms with van der Waals surface area (Å²) < 4.78 is 16.6. The average Bonchev–Trinajstić information content (AvgIpc) is 2.49. The molecule has 21 heavy (non-hydrogen) atoms. The van der Waals surface area contributed by atoms with Gasteiger partial charge in [-0.15, -0.1) is 0 Å². The first kappa shape index (κ1) is 18.0. The van der Waals surface area contributed by atoms with Crippen molar-refractivity contribution in [3.63, 3.8) is 0 Å². The van der Waals surface area contributed by atoms with Crippen LogP contribution in [-0.4, -0.2) is 39.1 Å². The van der Waals surface area contributed by atoms with Crippen molar-refractivity contribution in [2.75, 3.05) is 33.5 Å². The maximum Gasteiger partial charge on any atom is 0.119 e. The van der Waals surface area contributed by atoms with E-state index >= 15 is 0 Å². The van der Waals surface area contributed by atoms with Gasteiger partial charge in [-0.3, -0.25) is 0 Å². The van der Waals surface area contributed by atoms with Crippen LogP contribution in [0.15, 0.2) is 24.3 Å². The second-order valence-electron chi connectivity index (χ2n) is 5.60. The van der Waals surface area contributed by atoms with Gasteiger partial charge in [0.25, 0.3) is 0 Å². The zero-order chi connectivity index (χ0) is 15.6. The molecule has 0 saturated carbocycles. The van der Waals surface area contributed by atoms with Gasteiger partial charge >= 0.3 is 0 Å². The first-order valence-electron chi connectivity index (χ1n) is 7.63. The predicted octanol–water partition coefficient (Wildman–Crippen LogP) is 3.01. The SMILES string of the molecule is CCNCc1cccc(OCCOCCC(C)(C)OC)c1. The van der Waals surface area contributed by atoms with Crippen molar-refractivity contribution in [1.29, 1.82) is 0 Å². The molecule has 1 aromatic carbocycles. The van der Waals surface area contributed by atoms with E-state index < -0.39 is 0 Å². The Morgan fingerprint density at radius 3 is 2.67 bits per heavy atom. The van der Waals surface area contributed by atoms with Crippen LogP contribution in [0.25, 0.3) is 0 Å². The van der Waals surface area contributed by atoms with Gasteiger partial charge in [0.2, 0.25) is 0 Å². The molecule has 0 unspecified atom stereocenters. The van der Waals surface area contributed by atoms with Crippen LogP contribution in [0.1, 0.15) is 32.8 Å². The molecule has 0 saturated heterocycles. The van der Waals surface area contributed by atoms with E-state index in [9.17, 15) is 0 Å². The van der Waals surface area contributed by atoms with Crippen LogP contribution in [-0.2, 0) is 16.0 Å². The van der Waals surface area contributed by atoms with Crippen LogP contribution >= 0.6 is 0 Å². The van der Waals surface area contributed by atoms with Gasteiger partial charge in [0.05, 0.1) is 12.2 Å². The fraction of sp³-hybridized carbons (Fsp3) is 0.647. The van der Waals surface area contributed by atoms with Crippen molar-refractivity contribution in [3.05, 3.63) is 29.8 Å². The van der Waals surface area contributed by atoms with E-state index in [1.165, 1.54) is 5.56 Å². The number of nitrogens with one attached hydrogen (secondary N) is 1. The quantitative estimate of drug-likeness (QED) is 0.637. The number of ether oxygens (including phenoxy) is 3. The zero-order valence-electron chi connectivity index (χ0n) is 13.8. The minimum atomic E-state index is -0.124. The van der Waals surface area contributed by atoms with Crippen LogP contribution in [0.3, 0.4) is 0 Å². The monoisotopic (exact) mass is 295 g/mol. The summed E-state index contributed by atoms with van der Waals surface area (Å²) >= 11 is 0. The number of hydrogen-bond donors (Lipinski definition) is 1. The first-order valence-corrected chi connectivity index (χ1v) is 7.63. The highest BCUT2D eigenvalue weighted by atomic mass is 16.5. The molecule has 0 spiro atoms. The summed E-state index contributed by atoms with van der Waals surface area (Å²) in [6, 6.07) is 8.16. The van der Waals surface area contributed by atoms with Gasteiger partial charge in [0, 0.05) is 20.3 Å². The minimum absolute atomic E-state index is 0.124. The maximum atomic E-state index is 5.70. The molecule has 0 aliphatic heterocycles. The second kappa shape index (κ2) is 9.77. The Balaban J connectivity index is 2.18. The van der Waals surface area contributed by atoms with Crippen molar-refractivity contribution in [3.8, 4) is 5.75 Å². The summed E-state index contributed by atoms with van der Waals surface area (Å²) in [5.74, 6) is 0.895. The molecule has 0 bridgehead atoms. The van der Waals surface area contributed by atoms with Gasteiger partial charge in [-0.05, 0) is 44.5 Å². The fourth-order valence-corrected chi connectivity index (χ4v) is 1.76.